The zero-order chi connectivity index (χ0) is 12.8. The van der Waals surface area contributed by atoms with Crippen LogP contribution in [0.4, 0.5) is 0 Å². The Labute approximate surface area is 107 Å². The van der Waals surface area contributed by atoms with Crippen molar-refractivity contribution >= 4 is 0 Å². The summed E-state index contributed by atoms with van der Waals surface area (Å²) in [4.78, 5) is 2.21. The first-order valence-corrected chi connectivity index (χ1v) is 7.07. The van der Waals surface area contributed by atoms with Crippen molar-refractivity contribution in [1.82, 2.24) is 4.90 Å². The zero-order valence-electron chi connectivity index (χ0n) is 12.4. The molecule has 2 nitrogen and oxygen atoms in total. The van der Waals surface area contributed by atoms with Crippen LogP contribution >= 0.6 is 0 Å². The van der Waals surface area contributed by atoms with Crippen LogP contribution in [0.15, 0.2) is 0 Å². The highest BCUT2D eigenvalue weighted by molar-refractivity contribution is 5.11. The molecule has 0 aliphatic heterocycles. The third kappa shape index (κ3) is 2.04. The number of hydrogen-bond donors (Lipinski definition) is 0. The van der Waals surface area contributed by atoms with Crippen LogP contribution in [0.2, 0.25) is 0 Å². The van der Waals surface area contributed by atoms with Crippen LogP contribution in [0.1, 0.15) is 47.0 Å². The van der Waals surface area contributed by atoms with Gasteiger partial charge in [-0.15, -0.1) is 0 Å². The van der Waals surface area contributed by atoms with E-state index in [0.717, 1.165) is 12.5 Å². The molecule has 0 aromatic heterocycles. The highest BCUT2D eigenvalue weighted by atomic mass is 16.5. The van der Waals surface area contributed by atoms with E-state index in [2.05, 4.69) is 46.7 Å². The molecule has 2 bridgehead atoms. The van der Waals surface area contributed by atoms with Gasteiger partial charge < -0.3 is 9.64 Å². The number of fused-ring (bicyclic) bond motifs is 2. The molecule has 0 aromatic rings. The van der Waals surface area contributed by atoms with E-state index in [4.69, 9.17) is 4.74 Å². The molecule has 2 aliphatic carbocycles. The maximum Gasteiger partial charge on any atom is 0.0677 e. The summed E-state index contributed by atoms with van der Waals surface area (Å²) in [6.45, 7) is 10.6. The van der Waals surface area contributed by atoms with Crippen LogP contribution in [0, 0.1) is 16.7 Å². The fourth-order valence-corrected chi connectivity index (χ4v) is 4.17. The molecule has 4 unspecified atom stereocenters. The Balaban J connectivity index is 2.01. The number of hydrogen-bond acceptors (Lipinski definition) is 2. The van der Waals surface area contributed by atoms with Gasteiger partial charge in [0.15, 0.2) is 0 Å². The van der Waals surface area contributed by atoms with Gasteiger partial charge in [-0.05, 0) is 57.0 Å². The molecular weight excluding hydrogens is 210 g/mol. The first-order chi connectivity index (χ1) is 7.77. The maximum absolute atomic E-state index is 6.35. The zero-order valence-corrected chi connectivity index (χ0v) is 12.4. The van der Waals surface area contributed by atoms with E-state index in [1.165, 1.54) is 19.3 Å². The molecule has 0 heterocycles. The van der Waals surface area contributed by atoms with E-state index >= 15 is 0 Å². The minimum Gasteiger partial charge on any atom is -0.373 e. The second-order valence-electron chi connectivity index (χ2n) is 7.31. The van der Waals surface area contributed by atoms with E-state index < -0.39 is 0 Å². The highest BCUT2D eigenvalue weighted by Gasteiger charge is 2.62. The van der Waals surface area contributed by atoms with Crippen molar-refractivity contribution in [2.75, 3.05) is 20.6 Å². The lowest BCUT2D eigenvalue weighted by molar-refractivity contribution is -0.0852. The lowest BCUT2D eigenvalue weighted by Gasteiger charge is -2.40. The summed E-state index contributed by atoms with van der Waals surface area (Å²) >= 11 is 0. The van der Waals surface area contributed by atoms with Crippen molar-refractivity contribution in [2.45, 2.75) is 59.2 Å². The van der Waals surface area contributed by atoms with Gasteiger partial charge in [-0.3, -0.25) is 0 Å². The minimum atomic E-state index is 0.349. The number of ether oxygens (including phenoxy) is 1. The van der Waals surface area contributed by atoms with Crippen LogP contribution < -0.4 is 0 Å². The normalized spacial score (nSPS) is 41.1. The maximum atomic E-state index is 6.35. The van der Waals surface area contributed by atoms with Crippen LogP contribution in [0.25, 0.3) is 0 Å². The van der Waals surface area contributed by atoms with Gasteiger partial charge in [0, 0.05) is 6.54 Å². The highest BCUT2D eigenvalue weighted by Crippen LogP contribution is 2.66. The molecule has 100 valence electrons. The molecule has 0 aromatic carbocycles. The van der Waals surface area contributed by atoms with Crippen LogP contribution in [-0.4, -0.2) is 37.7 Å². The Morgan fingerprint density at radius 2 is 1.94 bits per heavy atom. The second kappa shape index (κ2) is 4.24. The molecule has 2 fully saturated rings. The molecule has 2 saturated carbocycles. The van der Waals surface area contributed by atoms with Crippen LogP contribution in [-0.2, 0) is 4.74 Å². The Bertz CT molecular complexity index is 287. The Morgan fingerprint density at radius 1 is 1.29 bits per heavy atom. The molecule has 2 aliphatic rings. The molecule has 0 saturated heterocycles. The second-order valence-corrected chi connectivity index (χ2v) is 7.31. The van der Waals surface area contributed by atoms with Crippen LogP contribution in [0.5, 0.6) is 0 Å². The molecule has 2 rings (SSSR count). The summed E-state index contributed by atoms with van der Waals surface area (Å²) < 4.78 is 6.35. The fourth-order valence-electron chi connectivity index (χ4n) is 4.17. The SMILES string of the molecule is CC(CN(C)C)OC1CC2CCC1(C)C2(C)C. The number of rotatable bonds is 4. The topological polar surface area (TPSA) is 12.5 Å². The first kappa shape index (κ1) is 13.4. The monoisotopic (exact) mass is 239 g/mol. The van der Waals surface area contributed by atoms with Gasteiger partial charge >= 0.3 is 0 Å². The third-order valence-electron chi connectivity index (χ3n) is 5.73. The van der Waals surface area contributed by atoms with Gasteiger partial charge in [0.2, 0.25) is 0 Å². The van der Waals surface area contributed by atoms with Gasteiger partial charge in [0.1, 0.15) is 0 Å². The van der Waals surface area contributed by atoms with Crippen molar-refractivity contribution in [3.63, 3.8) is 0 Å². The average molecular weight is 239 g/mol. The predicted octanol–water partition coefficient (Wildman–Crippen LogP) is 3.17. The van der Waals surface area contributed by atoms with Crippen molar-refractivity contribution in [1.29, 1.82) is 0 Å². The molecular formula is C15H29NO. The lowest BCUT2D eigenvalue weighted by Crippen LogP contribution is -2.40. The fraction of sp³-hybridized carbons (Fsp3) is 1.00. The number of nitrogens with zero attached hydrogens (tertiary/aromatic N) is 1. The summed E-state index contributed by atoms with van der Waals surface area (Å²) in [5, 5.41) is 0. The standard InChI is InChI=1S/C15H29NO/c1-11(10-16(5)6)17-13-9-12-7-8-15(13,4)14(12,2)3/h11-13H,7-10H2,1-6H3. The van der Waals surface area contributed by atoms with E-state index in [-0.39, 0.29) is 0 Å². The summed E-state index contributed by atoms with van der Waals surface area (Å²) in [5.41, 5.74) is 0.869. The molecule has 17 heavy (non-hydrogen) atoms. The van der Waals surface area contributed by atoms with Gasteiger partial charge in [0.25, 0.3) is 0 Å². The van der Waals surface area contributed by atoms with Gasteiger partial charge in [-0.2, -0.15) is 0 Å². The van der Waals surface area contributed by atoms with Gasteiger partial charge in [-0.1, -0.05) is 20.8 Å². The van der Waals surface area contributed by atoms with Crippen molar-refractivity contribution in [2.24, 2.45) is 16.7 Å². The summed E-state index contributed by atoms with van der Waals surface area (Å²) in [6, 6.07) is 0. The molecule has 2 heteroatoms. The Kier molecular flexibility index (Phi) is 3.33. The van der Waals surface area contributed by atoms with E-state index in [0.29, 0.717) is 23.0 Å². The summed E-state index contributed by atoms with van der Waals surface area (Å²) in [6.07, 6.45) is 4.87. The Hall–Kier alpha value is -0.0800. The molecule has 0 N–H and O–H groups in total. The molecule has 0 spiro atoms. The Morgan fingerprint density at radius 3 is 2.35 bits per heavy atom. The van der Waals surface area contributed by atoms with Crippen molar-refractivity contribution in [3.8, 4) is 0 Å². The van der Waals surface area contributed by atoms with Crippen LogP contribution in [0.3, 0.4) is 0 Å². The summed E-state index contributed by atoms with van der Waals surface area (Å²) in [5.74, 6) is 0.879. The summed E-state index contributed by atoms with van der Waals surface area (Å²) in [7, 11) is 4.23. The average Bonchev–Trinajstić information content (AvgIpc) is 2.49. The van der Waals surface area contributed by atoms with Gasteiger partial charge in [0.05, 0.1) is 12.2 Å². The van der Waals surface area contributed by atoms with E-state index in [1.807, 2.05) is 0 Å². The largest absolute Gasteiger partial charge is 0.373 e. The minimum absolute atomic E-state index is 0.349. The first-order valence-electron chi connectivity index (χ1n) is 7.07. The van der Waals surface area contributed by atoms with Crippen molar-refractivity contribution in [3.05, 3.63) is 0 Å². The lowest BCUT2D eigenvalue weighted by atomic mass is 9.70. The van der Waals surface area contributed by atoms with Crippen molar-refractivity contribution < 1.29 is 4.74 Å². The van der Waals surface area contributed by atoms with E-state index in [9.17, 15) is 0 Å². The molecule has 0 amide bonds. The smallest absolute Gasteiger partial charge is 0.0677 e. The third-order valence-corrected chi connectivity index (χ3v) is 5.73. The quantitative estimate of drug-likeness (QED) is 0.747. The van der Waals surface area contributed by atoms with E-state index in [1.54, 1.807) is 0 Å². The molecule has 0 radical (unpaired) electrons. The molecule has 4 atom stereocenters. The number of likely N-dealkylation sites (N-methyl/N-ethyl adjacent to an activating group) is 1. The van der Waals surface area contributed by atoms with Gasteiger partial charge in [-0.25, -0.2) is 0 Å². The predicted molar refractivity (Wildman–Crippen MR) is 72.1 cm³/mol.